The molecule has 0 spiro atoms. The number of benzene rings is 2. The van der Waals surface area contributed by atoms with Crippen molar-refractivity contribution >= 4 is 0 Å². The van der Waals surface area contributed by atoms with Crippen LogP contribution in [-0.4, -0.2) is 13.2 Å². The van der Waals surface area contributed by atoms with E-state index in [0.29, 0.717) is 0 Å². The molecule has 0 fully saturated rings. The van der Waals surface area contributed by atoms with Gasteiger partial charge in [0, 0.05) is 6.04 Å². The van der Waals surface area contributed by atoms with E-state index < -0.39 is 0 Å². The van der Waals surface area contributed by atoms with Crippen LogP contribution >= 0.6 is 0 Å². The van der Waals surface area contributed by atoms with Gasteiger partial charge in [0.2, 0.25) is 0 Å². The molecule has 21 heavy (non-hydrogen) atoms. The molecule has 0 aromatic heterocycles. The Balaban J connectivity index is 2.30. The van der Waals surface area contributed by atoms with Gasteiger partial charge in [0.15, 0.2) is 0 Å². The van der Waals surface area contributed by atoms with Crippen LogP contribution in [-0.2, 0) is 0 Å². The summed E-state index contributed by atoms with van der Waals surface area (Å²) in [5.41, 5.74) is 9.49. The average molecular weight is 285 g/mol. The predicted octanol–water partition coefficient (Wildman–Crippen LogP) is 3.78. The van der Waals surface area contributed by atoms with Gasteiger partial charge in [0.25, 0.3) is 0 Å². The van der Waals surface area contributed by atoms with E-state index in [1.165, 1.54) is 11.1 Å². The summed E-state index contributed by atoms with van der Waals surface area (Å²) in [4.78, 5) is 0. The highest BCUT2D eigenvalue weighted by atomic mass is 16.5. The van der Waals surface area contributed by atoms with Gasteiger partial charge < -0.3 is 15.2 Å². The van der Waals surface area contributed by atoms with Crippen LogP contribution in [0.5, 0.6) is 11.5 Å². The third kappa shape index (κ3) is 3.99. The summed E-state index contributed by atoms with van der Waals surface area (Å²) >= 11 is 0. The maximum Gasteiger partial charge on any atom is 0.139 e. The van der Waals surface area contributed by atoms with Gasteiger partial charge in [-0.1, -0.05) is 18.2 Å². The molecule has 2 unspecified atom stereocenters. The van der Waals surface area contributed by atoms with Crippen molar-refractivity contribution in [1.29, 1.82) is 0 Å². The summed E-state index contributed by atoms with van der Waals surface area (Å²) in [6, 6.07) is 13.9. The van der Waals surface area contributed by atoms with Gasteiger partial charge in [-0.05, 0) is 61.7 Å². The van der Waals surface area contributed by atoms with Crippen LogP contribution in [0.2, 0.25) is 0 Å². The van der Waals surface area contributed by atoms with E-state index in [9.17, 15) is 0 Å². The summed E-state index contributed by atoms with van der Waals surface area (Å²) in [5.74, 6) is 1.65. The molecule has 112 valence electrons. The minimum atomic E-state index is -0.207. The molecular formula is C18H23NO2. The lowest BCUT2D eigenvalue weighted by molar-refractivity contribution is 0.180. The van der Waals surface area contributed by atoms with Crippen LogP contribution in [0.4, 0.5) is 0 Å². The Labute approximate surface area is 126 Å². The molecule has 0 saturated carbocycles. The molecule has 0 radical (unpaired) electrons. The quantitative estimate of drug-likeness (QED) is 0.909. The van der Waals surface area contributed by atoms with Crippen LogP contribution in [0.3, 0.4) is 0 Å². The van der Waals surface area contributed by atoms with E-state index in [1.54, 1.807) is 7.11 Å². The fraction of sp³-hybridized carbons (Fsp3) is 0.333. The van der Waals surface area contributed by atoms with E-state index in [2.05, 4.69) is 19.9 Å². The Morgan fingerprint density at radius 2 is 1.62 bits per heavy atom. The molecule has 0 amide bonds. The van der Waals surface area contributed by atoms with Crippen molar-refractivity contribution in [3.8, 4) is 11.5 Å². The van der Waals surface area contributed by atoms with E-state index in [1.807, 2.05) is 43.3 Å². The largest absolute Gasteiger partial charge is 0.497 e. The number of hydrogen-bond donors (Lipinski definition) is 1. The second-order valence-corrected chi connectivity index (χ2v) is 5.50. The highest BCUT2D eigenvalue weighted by Crippen LogP contribution is 2.28. The summed E-state index contributed by atoms with van der Waals surface area (Å²) in [6.45, 7) is 6.07. The Morgan fingerprint density at radius 1 is 0.952 bits per heavy atom. The Bertz CT molecular complexity index is 588. The first-order chi connectivity index (χ1) is 9.99. The number of nitrogens with two attached hydrogens (primary N) is 1. The molecule has 2 aromatic rings. The molecule has 0 bridgehead atoms. The summed E-state index contributed by atoms with van der Waals surface area (Å²) in [6.07, 6.45) is -0.207. The fourth-order valence-electron chi connectivity index (χ4n) is 2.44. The van der Waals surface area contributed by atoms with E-state index in [-0.39, 0.29) is 12.1 Å². The average Bonchev–Trinajstić information content (AvgIpc) is 2.43. The zero-order chi connectivity index (χ0) is 15.4. The molecule has 0 aliphatic heterocycles. The van der Waals surface area contributed by atoms with Gasteiger partial charge in [-0.3, -0.25) is 0 Å². The molecule has 0 aliphatic carbocycles. The lowest BCUT2D eigenvalue weighted by Crippen LogP contribution is -2.29. The first-order valence-electron chi connectivity index (χ1n) is 7.14. The van der Waals surface area contributed by atoms with E-state index >= 15 is 0 Å². The molecular weight excluding hydrogens is 262 g/mol. The number of ether oxygens (including phenoxy) is 2. The summed E-state index contributed by atoms with van der Waals surface area (Å²) in [5, 5.41) is 0. The monoisotopic (exact) mass is 285 g/mol. The number of aryl methyl sites for hydroxylation is 2. The zero-order valence-corrected chi connectivity index (χ0v) is 13.1. The van der Waals surface area contributed by atoms with Crippen molar-refractivity contribution in [1.82, 2.24) is 0 Å². The molecule has 0 aliphatic rings. The van der Waals surface area contributed by atoms with Crippen molar-refractivity contribution in [2.24, 2.45) is 5.73 Å². The first-order valence-corrected chi connectivity index (χ1v) is 7.14. The van der Waals surface area contributed by atoms with Gasteiger partial charge in [-0.15, -0.1) is 0 Å². The van der Waals surface area contributed by atoms with Gasteiger partial charge >= 0.3 is 0 Å². The third-order valence-electron chi connectivity index (χ3n) is 3.36. The first kappa shape index (κ1) is 15.4. The topological polar surface area (TPSA) is 44.5 Å². The lowest BCUT2D eigenvalue weighted by Gasteiger charge is -2.24. The minimum absolute atomic E-state index is 0.127. The van der Waals surface area contributed by atoms with Crippen molar-refractivity contribution in [2.75, 3.05) is 7.11 Å². The van der Waals surface area contributed by atoms with Gasteiger partial charge in [0.05, 0.1) is 7.11 Å². The van der Waals surface area contributed by atoms with Crippen molar-refractivity contribution in [2.45, 2.75) is 32.9 Å². The SMILES string of the molecule is COc1cccc(C(Oc2cc(C)cc(C)c2)C(C)N)c1. The Morgan fingerprint density at radius 3 is 2.19 bits per heavy atom. The highest BCUT2D eigenvalue weighted by Gasteiger charge is 2.19. The summed E-state index contributed by atoms with van der Waals surface area (Å²) < 4.78 is 11.4. The Hall–Kier alpha value is -2.00. The van der Waals surface area contributed by atoms with Crippen LogP contribution < -0.4 is 15.2 Å². The van der Waals surface area contributed by atoms with Crippen LogP contribution in [0, 0.1) is 13.8 Å². The third-order valence-corrected chi connectivity index (χ3v) is 3.36. The van der Waals surface area contributed by atoms with Gasteiger partial charge in [0.1, 0.15) is 17.6 Å². The highest BCUT2D eigenvalue weighted by molar-refractivity contribution is 5.35. The molecule has 2 rings (SSSR count). The van der Waals surface area contributed by atoms with Gasteiger partial charge in [-0.2, -0.15) is 0 Å². The van der Waals surface area contributed by atoms with Crippen molar-refractivity contribution in [3.05, 3.63) is 59.2 Å². The van der Waals surface area contributed by atoms with Gasteiger partial charge in [-0.25, -0.2) is 0 Å². The normalized spacial score (nSPS) is 13.6. The molecule has 3 nitrogen and oxygen atoms in total. The molecule has 0 heterocycles. The molecule has 2 N–H and O–H groups in total. The standard InChI is InChI=1S/C18H23NO2/c1-12-8-13(2)10-17(9-12)21-18(14(3)19)15-6-5-7-16(11-15)20-4/h5-11,14,18H,19H2,1-4H3. The van der Waals surface area contributed by atoms with Crippen LogP contribution in [0.1, 0.15) is 29.7 Å². The molecule has 0 saturated heterocycles. The van der Waals surface area contributed by atoms with Crippen LogP contribution in [0.15, 0.2) is 42.5 Å². The fourth-order valence-corrected chi connectivity index (χ4v) is 2.44. The second-order valence-electron chi connectivity index (χ2n) is 5.50. The second kappa shape index (κ2) is 6.64. The van der Waals surface area contributed by atoms with Crippen molar-refractivity contribution in [3.63, 3.8) is 0 Å². The Kier molecular flexibility index (Phi) is 4.86. The van der Waals surface area contributed by atoms with E-state index in [4.69, 9.17) is 15.2 Å². The minimum Gasteiger partial charge on any atom is -0.497 e. The zero-order valence-electron chi connectivity index (χ0n) is 13.1. The van der Waals surface area contributed by atoms with E-state index in [0.717, 1.165) is 17.1 Å². The lowest BCUT2D eigenvalue weighted by atomic mass is 10.0. The number of methoxy groups -OCH3 is 1. The van der Waals surface area contributed by atoms with Crippen molar-refractivity contribution < 1.29 is 9.47 Å². The molecule has 2 atom stereocenters. The van der Waals surface area contributed by atoms with Crippen LogP contribution in [0.25, 0.3) is 0 Å². The smallest absolute Gasteiger partial charge is 0.139 e. The predicted molar refractivity (Wildman–Crippen MR) is 85.9 cm³/mol. The summed E-state index contributed by atoms with van der Waals surface area (Å²) in [7, 11) is 1.66. The molecule has 3 heteroatoms. The number of hydrogen-bond acceptors (Lipinski definition) is 3. The maximum absolute atomic E-state index is 6.14. The number of rotatable bonds is 5. The maximum atomic E-state index is 6.14. The molecule has 2 aromatic carbocycles.